The van der Waals surface area contributed by atoms with Crippen LogP contribution in [0.5, 0.6) is 0 Å². The molecule has 1 unspecified atom stereocenters. The van der Waals surface area contributed by atoms with E-state index in [0.29, 0.717) is 11.2 Å². The normalized spacial score (nSPS) is 12.0. The fourth-order valence-corrected chi connectivity index (χ4v) is 2.55. The molecule has 122 valence electrons. The molecule has 0 saturated heterocycles. The number of benzene rings is 1. The van der Waals surface area contributed by atoms with E-state index in [1.54, 1.807) is 18.3 Å². The number of rotatable bonds is 5. The second kappa shape index (κ2) is 6.76. The van der Waals surface area contributed by atoms with E-state index in [2.05, 4.69) is 22.9 Å². The van der Waals surface area contributed by atoms with Gasteiger partial charge in [-0.3, -0.25) is 4.79 Å². The molecule has 0 radical (unpaired) electrons. The predicted octanol–water partition coefficient (Wildman–Crippen LogP) is 2.11. The first-order chi connectivity index (χ1) is 11.6. The van der Waals surface area contributed by atoms with Crippen LogP contribution in [-0.2, 0) is 4.79 Å². The van der Waals surface area contributed by atoms with E-state index in [4.69, 9.17) is 5.11 Å². The molecule has 1 aromatic carbocycles. The van der Waals surface area contributed by atoms with E-state index in [1.807, 2.05) is 40.9 Å². The van der Waals surface area contributed by atoms with Crippen molar-refractivity contribution in [1.29, 1.82) is 0 Å². The number of aliphatic carboxylic acids is 1. The highest BCUT2D eigenvalue weighted by atomic mass is 32.1. The summed E-state index contributed by atoms with van der Waals surface area (Å²) in [6, 6.07) is 11.9. The summed E-state index contributed by atoms with van der Waals surface area (Å²) in [6.45, 7) is 0. The highest BCUT2D eigenvalue weighted by Crippen LogP contribution is 2.19. The van der Waals surface area contributed by atoms with Gasteiger partial charge in [-0.25, -0.2) is 9.78 Å². The molecule has 0 bridgehead atoms. The van der Waals surface area contributed by atoms with Gasteiger partial charge in [0.1, 0.15) is 11.7 Å². The number of nitrogens with one attached hydrogen (secondary N) is 1. The molecule has 0 aliphatic rings. The first-order valence-corrected chi connectivity index (χ1v) is 7.90. The Hall–Kier alpha value is -2.80. The Labute approximate surface area is 143 Å². The lowest BCUT2D eigenvalue weighted by molar-refractivity contribution is -0.138. The Kier molecular flexibility index (Phi) is 4.52. The van der Waals surface area contributed by atoms with Crippen LogP contribution < -0.4 is 5.32 Å². The number of hydrogen-bond acceptors (Lipinski definition) is 4. The van der Waals surface area contributed by atoms with Crippen molar-refractivity contribution in [2.24, 2.45) is 0 Å². The van der Waals surface area contributed by atoms with Gasteiger partial charge in [0.05, 0.1) is 5.69 Å². The highest BCUT2D eigenvalue weighted by molar-refractivity contribution is 7.80. The van der Waals surface area contributed by atoms with Crippen molar-refractivity contribution in [3.8, 4) is 11.3 Å². The Bertz CT molecular complexity index is 892. The number of carboxylic acid groups (broad SMARTS) is 1. The summed E-state index contributed by atoms with van der Waals surface area (Å²) in [6.07, 6.45) is 3.60. The molecule has 2 heterocycles. The van der Waals surface area contributed by atoms with Crippen molar-refractivity contribution in [1.82, 2.24) is 14.7 Å². The van der Waals surface area contributed by atoms with Crippen molar-refractivity contribution in [3.05, 3.63) is 60.4 Å². The van der Waals surface area contributed by atoms with Crippen LogP contribution in [-0.4, -0.2) is 38.2 Å². The maximum absolute atomic E-state index is 12.2. The highest BCUT2D eigenvalue weighted by Gasteiger charge is 2.19. The molecular weight excluding hydrogens is 326 g/mol. The lowest BCUT2D eigenvalue weighted by atomic mass is 10.2. The summed E-state index contributed by atoms with van der Waals surface area (Å²) in [5.74, 6) is -1.57. The summed E-state index contributed by atoms with van der Waals surface area (Å²) in [5, 5.41) is 11.4. The molecule has 1 amide bonds. The van der Waals surface area contributed by atoms with Crippen LogP contribution in [0.3, 0.4) is 0 Å². The van der Waals surface area contributed by atoms with Crippen LogP contribution in [0.2, 0.25) is 0 Å². The number of carbonyl (C=O) groups is 2. The SMILES string of the molecule is O=C(NC(CS)C(=O)O)c1ccn2cc(-c3ccccc3)nc2c1. The molecule has 24 heavy (non-hydrogen) atoms. The molecule has 0 aliphatic heterocycles. The standard InChI is InChI=1S/C17H15N3O3S/c21-16(19-14(10-24)17(22)23)12-6-7-20-9-13(18-15(20)8-12)11-4-2-1-3-5-11/h1-9,14,24H,10H2,(H,19,21)(H,22,23). The van der Waals surface area contributed by atoms with Gasteiger partial charge in [-0.1, -0.05) is 30.3 Å². The van der Waals surface area contributed by atoms with E-state index in [1.165, 1.54) is 0 Å². The van der Waals surface area contributed by atoms with Gasteiger partial charge in [0.15, 0.2) is 0 Å². The zero-order valence-electron chi connectivity index (χ0n) is 12.6. The number of hydrogen-bond donors (Lipinski definition) is 3. The van der Waals surface area contributed by atoms with Crippen molar-refractivity contribution in [2.75, 3.05) is 5.75 Å². The van der Waals surface area contributed by atoms with Crippen molar-refractivity contribution in [3.63, 3.8) is 0 Å². The smallest absolute Gasteiger partial charge is 0.327 e. The lowest BCUT2D eigenvalue weighted by Crippen LogP contribution is -2.42. The third-order valence-electron chi connectivity index (χ3n) is 3.58. The summed E-state index contributed by atoms with van der Waals surface area (Å²) >= 11 is 3.93. The fraction of sp³-hybridized carbons (Fsp3) is 0.118. The Balaban J connectivity index is 1.88. The average Bonchev–Trinajstić information content (AvgIpc) is 3.03. The Morgan fingerprint density at radius 3 is 2.67 bits per heavy atom. The van der Waals surface area contributed by atoms with Gasteiger partial charge in [-0.05, 0) is 12.1 Å². The minimum atomic E-state index is -1.12. The molecule has 2 N–H and O–H groups in total. The van der Waals surface area contributed by atoms with E-state index in [0.717, 1.165) is 11.3 Å². The van der Waals surface area contributed by atoms with Crippen LogP contribution in [0, 0.1) is 0 Å². The first-order valence-electron chi connectivity index (χ1n) is 7.27. The number of carboxylic acids is 1. The molecule has 0 aliphatic carbocycles. The largest absolute Gasteiger partial charge is 0.480 e. The summed E-state index contributed by atoms with van der Waals surface area (Å²) in [7, 11) is 0. The summed E-state index contributed by atoms with van der Waals surface area (Å²) in [4.78, 5) is 27.7. The molecule has 7 heteroatoms. The van der Waals surface area contributed by atoms with E-state index >= 15 is 0 Å². The third kappa shape index (κ3) is 3.26. The van der Waals surface area contributed by atoms with Gasteiger partial charge in [0, 0.05) is 29.3 Å². The van der Waals surface area contributed by atoms with Crippen molar-refractivity contribution in [2.45, 2.75) is 6.04 Å². The molecule has 0 fully saturated rings. The molecule has 3 aromatic rings. The maximum atomic E-state index is 12.2. The van der Waals surface area contributed by atoms with Crippen molar-refractivity contribution < 1.29 is 14.7 Å². The van der Waals surface area contributed by atoms with Gasteiger partial charge >= 0.3 is 5.97 Å². The second-order valence-electron chi connectivity index (χ2n) is 5.22. The number of aromatic nitrogens is 2. The third-order valence-corrected chi connectivity index (χ3v) is 3.94. The number of fused-ring (bicyclic) bond motifs is 1. The zero-order valence-corrected chi connectivity index (χ0v) is 13.5. The predicted molar refractivity (Wildman–Crippen MR) is 93.4 cm³/mol. The Morgan fingerprint density at radius 2 is 2.00 bits per heavy atom. The first kappa shape index (κ1) is 16.1. The minimum Gasteiger partial charge on any atom is -0.480 e. The second-order valence-corrected chi connectivity index (χ2v) is 5.59. The number of carbonyl (C=O) groups excluding carboxylic acids is 1. The molecule has 1 atom stereocenters. The topological polar surface area (TPSA) is 83.7 Å². The van der Waals surface area contributed by atoms with Gasteiger partial charge < -0.3 is 14.8 Å². The van der Waals surface area contributed by atoms with E-state index in [9.17, 15) is 9.59 Å². The fourth-order valence-electron chi connectivity index (χ4n) is 2.30. The van der Waals surface area contributed by atoms with Crippen LogP contribution in [0.15, 0.2) is 54.9 Å². The zero-order chi connectivity index (χ0) is 17.1. The van der Waals surface area contributed by atoms with Crippen LogP contribution in [0.4, 0.5) is 0 Å². The molecule has 0 saturated carbocycles. The molecule has 2 aromatic heterocycles. The van der Waals surface area contributed by atoms with Gasteiger partial charge in [0.25, 0.3) is 5.91 Å². The van der Waals surface area contributed by atoms with Gasteiger partial charge in [-0.2, -0.15) is 12.6 Å². The van der Waals surface area contributed by atoms with Gasteiger partial charge in [0.2, 0.25) is 0 Å². The van der Waals surface area contributed by atoms with Crippen LogP contribution in [0.1, 0.15) is 10.4 Å². The van der Waals surface area contributed by atoms with Crippen molar-refractivity contribution >= 4 is 30.2 Å². The number of imidazole rings is 1. The average molecular weight is 341 g/mol. The number of pyridine rings is 1. The molecule has 6 nitrogen and oxygen atoms in total. The number of amides is 1. The Morgan fingerprint density at radius 1 is 1.25 bits per heavy atom. The van der Waals surface area contributed by atoms with E-state index in [-0.39, 0.29) is 5.75 Å². The molecule has 0 spiro atoms. The minimum absolute atomic E-state index is 0.0187. The van der Waals surface area contributed by atoms with Crippen LogP contribution in [0.25, 0.3) is 16.9 Å². The van der Waals surface area contributed by atoms with E-state index < -0.39 is 17.9 Å². The number of thiol groups is 1. The number of nitrogens with zero attached hydrogens (tertiary/aromatic N) is 2. The molecular formula is C17H15N3O3S. The quantitative estimate of drug-likeness (QED) is 0.621. The van der Waals surface area contributed by atoms with Gasteiger partial charge in [-0.15, -0.1) is 0 Å². The van der Waals surface area contributed by atoms with Crippen LogP contribution >= 0.6 is 12.6 Å². The summed E-state index contributed by atoms with van der Waals surface area (Å²) < 4.78 is 1.81. The molecule has 3 rings (SSSR count). The summed E-state index contributed by atoms with van der Waals surface area (Å²) in [5.41, 5.74) is 2.74. The lowest BCUT2D eigenvalue weighted by Gasteiger charge is -2.11. The monoisotopic (exact) mass is 341 g/mol. The maximum Gasteiger partial charge on any atom is 0.327 e.